The molecule has 0 aliphatic rings. The van der Waals surface area contributed by atoms with Crippen LogP contribution in [0.15, 0.2) is 40.9 Å². The summed E-state index contributed by atoms with van der Waals surface area (Å²) in [5.74, 6) is -0.909. The zero-order valence-electron chi connectivity index (χ0n) is 10.1. The maximum atomic E-state index is 10.8. The highest BCUT2D eigenvalue weighted by atomic mass is 79.9. The maximum Gasteiger partial charge on any atom is 0.307 e. The number of carbonyl (C=O) groups is 1. The Labute approximate surface area is 119 Å². The van der Waals surface area contributed by atoms with Crippen LogP contribution in [0.3, 0.4) is 0 Å². The Morgan fingerprint density at radius 2 is 1.79 bits per heavy atom. The number of hydrogen-bond acceptors (Lipinski definition) is 3. The van der Waals surface area contributed by atoms with Crippen LogP contribution in [0.4, 0.5) is 11.4 Å². The van der Waals surface area contributed by atoms with Crippen molar-refractivity contribution >= 4 is 33.3 Å². The first-order valence-electron chi connectivity index (χ1n) is 5.63. The molecule has 0 atom stereocenters. The summed E-state index contributed by atoms with van der Waals surface area (Å²) in [4.78, 5) is 10.8. The predicted octanol–water partition coefficient (Wildman–Crippen LogP) is 2.91. The average Bonchev–Trinajstić information content (AvgIpc) is 2.34. The lowest BCUT2D eigenvalue weighted by Crippen LogP contribution is -2.05. The van der Waals surface area contributed by atoms with Gasteiger partial charge < -0.3 is 16.6 Å². The van der Waals surface area contributed by atoms with E-state index >= 15 is 0 Å². The summed E-state index contributed by atoms with van der Waals surface area (Å²) in [6, 6.07) is 10.9. The van der Waals surface area contributed by atoms with Gasteiger partial charge in [0.1, 0.15) is 0 Å². The Balaban J connectivity index is 2.54. The van der Waals surface area contributed by atoms with Crippen molar-refractivity contribution in [3.63, 3.8) is 0 Å². The van der Waals surface area contributed by atoms with E-state index in [-0.39, 0.29) is 6.42 Å². The molecule has 0 amide bonds. The van der Waals surface area contributed by atoms with Gasteiger partial charge in [-0.15, -0.1) is 0 Å². The number of rotatable bonds is 3. The van der Waals surface area contributed by atoms with Gasteiger partial charge in [-0.25, -0.2) is 0 Å². The van der Waals surface area contributed by atoms with Gasteiger partial charge in [-0.05, 0) is 35.4 Å². The molecule has 0 saturated carbocycles. The van der Waals surface area contributed by atoms with Gasteiger partial charge >= 0.3 is 5.97 Å². The topological polar surface area (TPSA) is 89.3 Å². The number of anilines is 2. The van der Waals surface area contributed by atoms with Crippen molar-refractivity contribution in [1.82, 2.24) is 0 Å². The number of halogens is 1. The first-order chi connectivity index (χ1) is 8.97. The molecule has 2 aromatic carbocycles. The molecule has 0 aliphatic heterocycles. The van der Waals surface area contributed by atoms with Crippen molar-refractivity contribution in [2.24, 2.45) is 0 Å². The molecule has 0 radical (unpaired) electrons. The van der Waals surface area contributed by atoms with Gasteiger partial charge in [-0.3, -0.25) is 4.79 Å². The molecule has 98 valence electrons. The van der Waals surface area contributed by atoms with Gasteiger partial charge in [-0.1, -0.05) is 28.1 Å². The molecule has 0 spiro atoms. The van der Waals surface area contributed by atoms with E-state index in [0.29, 0.717) is 16.9 Å². The number of nitrogen functional groups attached to an aromatic ring is 2. The van der Waals surface area contributed by atoms with E-state index in [0.717, 1.165) is 15.6 Å². The first-order valence-corrected chi connectivity index (χ1v) is 6.42. The summed E-state index contributed by atoms with van der Waals surface area (Å²) in [6.45, 7) is 0. The fraction of sp³-hybridized carbons (Fsp3) is 0.0714. The number of carboxylic acid groups (broad SMARTS) is 1. The molecule has 5 N–H and O–H groups in total. The molecule has 0 bridgehead atoms. The van der Waals surface area contributed by atoms with Crippen molar-refractivity contribution in [3.05, 3.63) is 46.4 Å². The minimum absolute atomic E-state index is 0.104. The van der Waals surface area contributed by atoms with Gasteiger partial charge in [-0.2, -0.15) is 0 Å². The van der Waals surface area contributed by atoms with Crippen LogP contribution in [0, 0.1) is 0 Å². The summed E-state index contributed by atoms with van der Waals surface area (Å²) in [5.41, 5.74) is 15.1. The van der Waals surface area contributed by atoms with E-state index in [2.05, 4.69) is 15.9 Å². The third-order valence-corrected chi connectivity index (χ3v) is 3.25. The van der Waals surface area contributed by atoms with Gasteiger partial charge in [0.05, 0.1) is 6.42 Å². The molecule has 2 rings (SSSR count). The molecule has 0 saturated heterocycles. The molecule has 0 aromatic heterocycles. The summed E-state index contributed by atoms with van der Waals surface area (Å²) < 4.78 is 0.796. The van der Waals surface area contributed by atoms with Gasteiger partial charge in [0.2, 0.25) is 0 Å². The van der Waals surface area contributed by atoms with Gasteiger partial charge in [0.15, 0.2) is 0 Å². The van der Waals surface area contributed by atoms with Gasteiger partial charge in [0, 0.05) is 21.4 Å². The van der Waals surface area contributed by atoms with Crippen molar-refractivity contribution < 1.29 is 9.90 Å². The predicted molar refractivity (Wildman–Crippen MR) is 79.7 cm³/mol. The molecule has 5 heteroatoms. The first kappa shape index (κ1) is 13.4. The Kier molecular flexibility index (Phi) is 3.76. The number of hydrogen-bond donors (Lipinski definition) is 3. The standard InChI is InChI=1S/C14H13BrN2O2/c15-10-5-9(6-13(18)19)14(17)12(7-10)8-1-3-11(16)4-2-8/h1-5,7H,6,16-17H2,(H,18,19). The van der Waals surface area contributed by atoms with Crippen LogP contribution in [0.5, 0.6) is 0 Å². The molecule has 0 aliphatic carbocycles. The average molecular weight is 321 g/mol. The lowest BCUT2D eigenvalue weighted by Gasteiger charge is -2.11. The van der Waals surface area contributed by atoms with Crippen molar-refractivity contribution in [3.8, 4) is 11.1 Å². The zero-order chi connectivity index (χ0) is 14.0. The highest BCUT2D eigenvalue weighted by molar-refractivity contribution is 9.10. The molecule has 0 unspecified atom stereocenters. The van der Waals surface area contributed by atoms with Crippen LogP contribution < -0.4 is 11.5 Å². The Bertz CT molecular complexity index is 624. The molecular formula is C14H13BrN2O2. The van der Waals surface area contributed by atoms with Crippen molar-refractivity contribution in [2.45, 2.75) is 6.42 Å². The minimum Gasteiger partial charge on any atom is -0.481 e. The summed E-state index contributed by atoms with van der Waals surface area (Å²) in [6.07, 6.45) is -0.104. The number of carboxylic acids is 1. The molecule has 19 heavy (non-hydrogen) atoms. The normalized spacial score (nSPS) is 10.4. The molecule has 4 nitrogen and oxygen atoms in total. The lowest BCUT2D eigenvalue weighted by atomic mass is 9.99. The monoisotopic (exact) mass is 320 g/mol. The van der Waals surface area contributed by atoms with E-state index in [1.807, 2.05) is 18.2 Å². The van der Waals surface area contributed by atoms with Gasteiger partial charge in [0.25, 0.3) is 0 Å². The third-order valence-electron chi connectivity index (χ3n) is 2.79. The highest BCUT2D eigenvalue weighted by Gasteiger charge is 2.11. The number of nitrogens with two attached hydrogens (primary N) is 2. The van der Waals surface area contributed by atoms with E-state index < -0.39 is 5.97 Å². The second kappa shape index (κ2) is 5.32. The Morgan fingerprint density at radius 1 is 1.16 bits per heavy atom. The largest absolute Gasteiger partial charge is 0.481 e. The fourth-order valence-electron chi connectivity index (χ4n) is 1.89. The van der Waals surface area contributed by atoms with E-state index in [9.17, 15) is 4.79 Å². The van der Waals surface area contributed by atoms with Crippen LogP contribution in [-0.4, -0.2) is 11.1 Å². The van der Waals surface area contributed by atoms with E-state index in [1.54, 1.807) is 18.2 Å². The minimum atomic E-state index is -0.909. The summed E-state index contributed by atoms with van der Waals surface area (Å²) in [7, 11) is 0. The molecular weight excluding hydrogens is 308 g/mol. The van der Waals surface area contributed by atoms with Crippen LogP contribution in [0.1, 0.15) is 5.56 Å². The van der Waals surface area contributed by atoms with Crippen molar-refractivity contribution in [1.29, 1.82) is 0 Å². The quantitative estimate of drug-likeness (QED) is 0.758. The Hall–Kier alpha value is -2.01. The second-order valence-electron chi connectivity index (χ2n) is 4.22. The SMILES string of the molecule is Nc1ccc(-c2cc(Br)cc(CC(=O)O)c2N)cc1. The molecule has 0 fully saturated rings. The zero-order valence-corrected chi connectivity index (χ0v) is 11.6. The number of benzene rings is 2. The summed E-state index contributed by atoms with van der Waals surface area (Å²) >= 11 is 3.38. The summed E-state index contributed by atoms with van der Waals surface area (Å²) in [5, 5.41) is 8.89. The van der Waals surface area contributed by atoms with Crippen molar-refractivity contribution in [2.75, 3.05) is 11.5 Å². The number of aliphatic carboxylic acids is 1. The van der Waals surface area contributed by atoms with Crippen LogP contribution in [0.2, 0.25) is 0 Å². The van der Waals surface area contributed by atoms with Crippen LogP contribution in [0.25, 0.3) is 11.1 Å². The Morgan fingerprint density at radius 3 is 2.37 bits per heavy atom. The molecule has 0 heterocycles. The van der Waals surface area contributed by atoms with E-state index in [4.69, 9.17) is 16.6 Å². The fourth-order valence-corrected chi connectivity index (χ4v) is 2.39. The smallest absolute Gasteiger partial charge is 0.307 e. The highest BCUT2D eigenvalue weighted by Crippen LogP contribution is 2.33. The van der Waals surface area contributed by atoms with Crippen LogP contribution >= 0.6 is 15.9 Å². The van der Waals surface area contributed by atoms with Crippen LogP contribution in [-0.2, 0) is 11.2 Å². The maximum absolute atomic E-state index is 10.8. The second-order valence-corrected chi connectivity index (χ2v) is 5.13. The molecule has 2 aromatic rings. The lowest BCUT2D eigenvalue weighted by molar-refractivity contribution is -0.136. The third kappa shape index (κ3) is 3.06. The van der Waals surface area contributed by atoms with E-state index in [1.165, 1.54) is 0 Å².